The Balaban J connectivity index is 1.94. The molecule has 2 aromatic rings. The first-order chi connectivity index (χ1) is 10.5. The van der Waals surface area contributed by atoms with Gasteiger partial charge in [-0.1, -0.05) is 19.1 Å². The fourth-order valence-electron chi connectivity index (χ4n) is 2.83. The van der Waals surface area contributed by atoms with Gasteiger partial charge in [-0.05, 0) is 37.8 Å². The molecule has 1 aliphatic rings. The zero-order valence-electron chi connectivity index (χ0n) is 12.8. The lowest BCUT2D eigenvalue weighted by Gasteiger charge is -2.30. The minimum atomic E-state index is -3.41. The van der Waals surface area contributed by atoms with Crippen LogP contribution in [0.1, 0.15) is 24.8 Å². The summed E-state index contributed by atoms with van der Waals surface area (Å²) in [5.41, 5.74) is 1.70. The van der Waals surface area contributed by atoms with Gasteiger partial charge >= 0.3 is 0 Å². The van der Waals surface area contributed by atoms with Crippen molar-refractivity contribution in [2.45, 2.75) is 31.6 Å². The number of piperidine rings is 1. The second-order valence-corrected chi connectivity index (χ2v) is 8.89. The van der Waals surface area contributed by atoms with Crippen molar-refractivity contribution in [3.05, 3.63) is 34.7 Å². The standard InChI is InChI=1S/C16H20N2O2S2/c1-12-5-4-8-18(10-12)22(19,20)15-7-3-6-14(9-15)16-11-21-13(2)17-16/h3,6-7,9,11-12H,4-5,8,10H2,1-2H3/t12-/m0/s1. The molecule has 6 heteroatoms. The summed E-state index contributed by atoms with van der Waals surface area (Å²) in [6.45, 7) is 5.29. The van der Waals surface area contributed by atoms with Crippen molar-refractivity contribution < 1.29 is 8.42 Å². The van der Waals surface area contributed by atoms with Crippen LogP contribution in [0.4, 0.5) is 0 Å². The van der Waals surface area contributed by atoms with E-state index in [9.17, 15) is 8.42 Å². The topological polar surface area (TPSA) is 50.3 Å². The van der Waals surface area contributed by atoms with Gasteiger partial charge in [-0.3, -0.25) is 0 Å². The summed E-state index contributed by atoms with van der Waals surface area (Å²) in [6, 6.07) is 7.12. The molecule has 22 heavy (non-hydrogen) atoms. The van der Waals surface area contributed by atoms with Gasteiger partial charge in [0, 0.05) is 24.0 Å². The molecule has 0 unspecified atom stereocenters. The Morgan fingerprint density at radius 3 is 2.86 bits per heavy atom. The van der Waals surface area contributed by atoms with Gasteiger partial charge in [0.2, 0.25) is 10.0 Å². The number of nitrogens with zero attached hydrogens (tertiary/aromatic N) is 2. The van der Waals surface area contributed by atoms with Crippen molar-refractivity contribution in [3.8, 4) is 11.3 Å². The van der Waals surface area contributed by atoms with E-state index in [-0.39, 0.29) is 0 Å². The van der Waals surface area contributed by atoms with Crippen molar-refractivity contribution in [1.29, 1.82) is 0 Å². The largest absolute Gasteiger partial charge is 0.243 e. The maximum absolute atomic E-state index is 12.8. The molecule has 0 saturated carbocycles. The molecule has 0 bridgehead atoms. The van der Waals surface area contributed by atoms with E-state index in [2.05, 4.69) is 11.9 Å². The van der Waals surface area contributed by atoms with E-state index in [4.69, 9.17) is 0 Å². The van der Waals surface area contributed by atoms with Gasteiger partial charge < -0.3 is 0 Å². The number of hydrogen-bond acceptors (Lipinski definition) is 4. The highest BCUT2D eigenvalue weighted by Gasteiger charge is 2.28. The summed E-state index contributed by atoms with van der Waals surface area (Å²) in [5.74, 6) is 0.424. The molecule has 0 aliphatic carbocycles. The highest BCUT2D eigenvalue weighted by atomic mass is 32.2. The van der Waals surface area contributed by atoms with Gasteiger partial charge in [-0.2, -0.15) is 4.31 Å². The van der Waals surface area contributed by atoms with E-state index >= 15 is 0 Å². The van der Waals surface area contributed by atoms with Crippen molar-refractivity contribution in [3.63, 3.8) is 0 Å². The number of rotatable bonds is 3. The van der Waals surface area contributed by atoms with Crippen LogP contribution < -0.4 is 0 Å². The van der Waals surface area contributed by atoms with E-state index in [1.54, 1.807) is 33.8 Å². The fraction of sp³-hybridized carbons (Fsp3) is 0.438. The van der Waals surface area contributed by atoms with E-state index in [1.165, 1.54) is 0 Å². The normalized spacial score (nSPS) is 20.2. The average molecular weight is 336 g/mol. The van der Waals surface area contributed by atoms with Gasteiger partial charge in [-0.25, -0.2) is 13.4 Å². The third-order valence-electron chi connectivity index (χ3n) is 4.01. The molecule has 4 nitrogen and oxygen atoms in total. The van der Waals surface area contributed by atoms with E-state index in [0.29, 0.717) is 23.9 Å². The summed E-state index contributed by atoms with van der Waals surface area (Å²) in [6.07, 6.45) is 2.04. The van der Waals surface area contributed by atoms with Gasteiger partial charge in [0.25, 0.3) is 0 Å². The van der Waals surface area contributed by atoms with Crippen LogP contribution in [-0.4, -0.2) is 30.8 Å². The summed E-state index contributed by atoms with van der Waals surface area (Å²) >= 11 is 1.57. The first-order valence-electron chi connectivity index (χ1n) is 7.49. The highest BCUT2D eigenvalue weighted by molar-refractivity contribution is 7.89. The fourth-order valence-corrected chi connectivity index (χ4v) is 5.09. The number of aromatic nitrogens is 1. The Morgan fingerprint density at radius 1 is 1.36 bits per heavy atom. The van der Waals surface area contributed by atoms with Crippen molar-refractivity contribution in [2.75, 3.05) is 13.1 Å². The Labute approximate surface area is 135 Å². The van der Waals surface area contributed by atoms with Crippen LogP contribution in [-0.2, 0) is 10.0 Å². The molecule has 1 saturated heterocycles. The van der Waals surface area contributed by atoms with E-state index in [0.717, 1.165) is 29.1 Å². The molecule has 2 heterocycles. The molecular weight excluding hydrogens is 316 g/mol. The Kier molecular flexibility index (Phi) is 4.34. The number of aryl methyl sites for hydroxylation is 1. The molecule has 0 radical (unpaired) electrons. The maximum atomic E-state index is 12.8. The average Bonchev–Trinajstić information content (AvgIpc) is 2.94. The minimum absolute atomic E-state index is 0.366. The van der Waals surface area contributed by atoms with Crippen LogP contribution in [0.5, 0.6) is 0 Å². The maximum Gasteiger partial charge on any atom is 0.243 e. The van der Waals surface area contributed by atoms with Gasteiger partial charge in [-0.15, -0.1) is 11.3 Å². The second-order valence-electron chi connectivity index (χ2n) is 5.89. The summed E-state index contributed by atoms with van der Waals surface area (Å²) in [7, 11) is -3.41. The second kappa shape index (κ2) is 6.10. The van der Waals surface area contributed by atoms with Gasteiger partial charge in [0.15, 0.2) is 0 Å². The van der Waals surface area contributed by atoms with Crippen molar-refractivity contribution >= 4 is 21.4 Å². The predicted molar refractivity (Wildman–Crippen MR) is 89.4 cm³/mol. The Morgan fingerprint density at radius 2 is 2.18 bits per heavy atom. The molecule has 1 fully saturated rings. The number of benzene rings is 1. The SMILES string of the molecule is Cc1nc(-c2cccc(S(=O)(=O)N3CCC[C@H](C)C3)c2)cs1. The molecule has 0 N–H and O–H groups in total. The van der Waals surface area contributed by atoms with Crippen LogP contribution in [0.2, 0.25) is 0 Å². The predicted octanol–water partition coefficient (Wildman–Crippen LogP) is 3.54. The lowest BCUT2D eigenvalue weighted by molar-refractivity contribution is 0.281. The third-order valence-corrected chi connectivity index (χ3v) is 6.64. The monoisotopic (exact) mass is 336 g/mol. The van der Waals surface area contributed by atoms with Crippen LogP contribution in [0, 0.1) is 12.8 Å². The van der Waals surface area contributed by atoms with Crippen LogP contribution >= 0.6 is 11.3 Å². The summed E-state index contributed by atoms with van der Waals surface area (Å²) in [4.78, 5) is 4.80. The van der Waals surface area contributed by atoms with Crippen LogP contribution in [0.15, 0.2) is 34.5 Å². The molecule has 1 atom stereocenters. The van der Waals surface area contributed by atoms with Crippen molar-refractivity contribution in [1.82, 2.24) is 9.29 Å². The molecule has 3 rings (SSSR count). The smallest absolute Gasteiger partial charge is 0.242 e. The minimum Gasteiger partial charge on any atom is -0.242 e. The zero-order valence-corrected chi connectivity index (χ0v) is 14.5. The van der Waals surface area contributed by atoms with Crippen molar-refractivity contribution in [2.24, 2.45) is 5.92 Å². The molecule has 118 valence electrons. The zero-order chi connectivity index (χ0) is 15.7. The molecule has 1 aliphatic heterocycles. The molecule has 0 amide bonds. The summed E-state index contributed by atoms with van der Waals surface area (Å²) < 4.78 is 27.3. The van der Waals surface area contributed by atoms with Crippen LogP contribution in [0.3, 0.4) is 0 Å². The molecule has 0 spiro atoms. The molecule has 1 aromatic heterocycles. The summed E-state index contributed by atoms with van der Waals surface area (Å²) in [5, 5.41) is 2.94. The molecular formula is C16H20N2O2S2. The number of sulfonamides is 1. The lowest BCUT2D eigenvalue weighted by Crippen LogP contribution is -2.39. The first-order valence-corrected chi connectivity index (χ1v) is 9.81. The van der Waals surface area contributed by atoms with E-state index < -0.39 is 10.0 Å². The van der Waals surface area contributed by atoms with Gasteiger partial charge in [0.1, 0.15) is 0 Å². The number of hydrogen-bond donors (Lipinski definition) is 0. The first kappa shape index (κ1) is 15.6. The lowest BCUT2D eigenvalue weighted by atomic mass is 10.0. The van der Waals surface area contributed by atoms with Crippen LogP contribution in [0.25, 0.3) is 11.3 Å². The quantitative estimate of drug-likeness (QED) is 0.861. The highest BCUT2D eigenvalue weighted by Crippen LogP contribution is 2.27. The molecule has 1 aromatic carbocycles. The number of thiazole rings is 1. The van der Waals surface area contributed by atoms with Gasteiger partial charge in [0.05, 0.1) is 15.6 Å². The third kappa shape index (κ3) is 3.09. The Bertz CT molecular complexity index is 768. The Hall–Kier alpha value is -1.24. The van der Waals surface area contributed by atoms with E-state index in [1.807, 2.05) is 18.4 Å².